The molecule has 2 aromatic heterocycles. The lowest BCUT2D eigenvalue weighted by atomic mass is 10.3. The van der Waals surface area contributed by atoms with Gasteiger partial charge in [0.15, 0.2) is 0 Å². The zero-order chi connectivity index (χ0) is 13.8. The Hall–Kier alpha value is -1.73. The predicted octanol–water partition coefficient (Wildman–Crippen LogP) is 2.42. The van der Waals surface area contributed by atoms with E-state index >= 15 is 0 Å². The van der Waals surface area contributed by atoms with Crippen molar-refractivity contribution in [2.45, 2.75) is 6.92 Å². The maximum absolute atomic E-state index is 12.1. The molecule has 0 saturated heterocycles. The van der Waals surface area contributed by atoms with Gasteiger partial charge in [0.1, 0.15) is 17.2 Å². The molecule has 1 amide bonds. The van der Waals surface area contributed by atoms with Crippen LogP contribution in [-0.4, -0.2) is 40.0 Å². The monoisotopic (exact) mass is 296 g/mol. The van der Waals surface area contributed by atoms with Gasteiger partial charge in [-0.25, -0.2) is 4.98 Å². The summed E-state index contributed by atoms with van der Waals surface area (Å²) in [6.07, 6.45) is 0. The standard InChI is InChI=1S/C12H12N2O3S2/c1-2-14(6-10(15)16)12(17)8-7-19-11(13-8)9-4-3-5-18-9/h3-5,7H,2,6H2,1H3,(H,15,16). The molecule has 0 spiro atoms. The van der Waals surface area contributed by atoms with Crippen molar-refractivity contribution in [2.75, 3.05) is 13.1 Å². The number of carbonyl (C=O) groups excluding carboxylic acids is 1. The first-order valence-electron chi connectivity index (χ1n) is 5.62. The summed E-state index contributed by atoms with van der Waals surface area (Å²) in [5, 5.41) is 13.2. The molecule has 2 aromatic rings. The number of hydrogen-bond donors (Lipinski definition) is 1. The number of amides is 1. The van der Waals surface area contributed by atoms with Crippen LogP contribution < -0.4 is 0 Å². The lowest BCUT2D eigenvalue weighted by molar-refractivity contribution is -0.137. The highest BCUT2D eigenvalue weighted by atomic mass is 32.1. The van der Waals surface area contributed by atoms with Crippen molar-refractivity contribution >= 4 is 34.6 Å². The average molecular weight is 296 g/mol. The first-order chi connectivity index (χ1) is 9.11. The molecule has 0 bridgehead atoms. The molecule has 0 radical (unpaired) electrons. The fourth-order valence-electron chi connectivity index (χ4n) is 1.54. The van der Waals surface area contributed by atoms with Crippen molar-refractivity contribution < 1.29 is 14.7 Å². The van der Waals surface area contributed by atoms with Gasteiger partial charge in [0.05, 0.1) is 4.88 Å². The highest BCUT2D eigenvalue weighted by Gasteiger charge is 2.20. The Morgan fingerprint density at radius 2 is 2.21 bits per heavy atom. The number of carboxylic acid groups (broad SMARTS) is 1. The number of thiazole rings is 1. The second kappa shape index (κ2) is 5.94. The molecule has 0 aliphatic carbocycles. The van der Waals surface area contributed by atoms with E-state index in [0.717, 1.165) is 9.88 Å². The van der Waals surface area contributed by atoms with Gasteiger partial charge in [-0.05, 0) is 18.4 Å². The SMILES string of the molecule is CCN(CC(=O)O)C(=O)c1csc(-c2cccs2)n1. The molecule has 7 heteroatoms. The van der Waals surface area contributed by atoms with Crippen molar-refractivity contribution in [3.05, 3.63) is 28.6 Å². The maximum atomic E-state index is 12.1. The number of nitrogens with zero attached hydrogens (tertiary/aromatic N) is 2. The molecule has 0 fully saturated rings. The van der Waals surface area contributed by atoms with Crippen molar-refractivity contribution in [3.8, 4) is 9.88 Å². The highest BCUT2D eigenvalue weighted by Crippen LogP contribution is 2.28. The third kappa shape index (κ3) is 3.18. The first kappa shape index (κ1) is 13.7. The zero-order valence-corrected chi connectivity index (χ0v) is 11.8. The molecule has 1 N–H and O–H groups in total. The number of carboxylic acids is 1. The minimum atomic E-state index is -1.02. The van der Waals surface area contributed by atoms with Crippen LogP contribution in [0.1, 0.15) is 17.4 Å². The van der Waals surface area contributed by atoms with Gasteiger partial charge < -0.3 is 10.0 Å². The smallest absolute Gasteiger partial charge is 0.323 e. The van der Waals surface area contributed by atoms with Gasteiger partial charge in [-0.15, -0.1) is 22.7 Å². The van der Waals surface area contributed by atoms with Gasteiger partial charge >= 0.3 is 5.97 Å². The lowest BCUT2D eigenvalue weighted by Gasteiger charge is -2.16. The second-order valence-electron chi connectivity index (χ2n) is 3.73. The Morgan fingerprint density at radius 1 is 1.42 bits per heavy atom. The van der Waals surface area contributed by atoms with Crippen LogP contribution in [0.4, 0.5) is 0 Å². The van der Waals surface area contributed by atoms with Crippen molar-refractivity contribution in [3.63, 3.8) is 0 Å². The molecular weight excluding hydrogens is 284 g/mol. The van der Waals surface area contributed by atoms with E-state index < -0.39 is 5.97 Å². The van der Waals surface area contributed by atoms with Crippen molar-refractivity contribution in [1.82, 2.24) is 9.88 Å². The van der Waals surface area contributed by atoms with E-state index in [1.165, 1.54) is 16.2 Å². The summed E-state index contributed by atoms with van der Waals surface area (Å²) in [5.41, 5.74) is 0.302. The Balaban J connectivity index is 2.17. The average Bonchev–Trinajstić information content (AvgIpc) is 3.04. The fourth-order valence-corrected chi connectivity index (χ4v) is 3.15. The number of rotatable bonds is 5. The van der Waals surface area contributed by atoms with Gasteiger partial charge in [0.25, 0.3) is 5.91 Å². The number of aromatic nitrogens is 1. The van der Waals surface area contributed by atoms with Crippen molar-refractivity contribution in [1.29, 1.82) is 0 Å². The Morgan fingerprint density at radius 3 is 2.79 bits per heavy atom. The summed E-state index contributed by atoms with van der Waals surface area (Å²) in [4.78, 5) is 29.3. The topological polar surface area (TPSA) is 70.5 Å². The van der Waals surface area contributed by atoms with Gasteiger partial charge in [-0.1, -0.05) is 6.07 Å². The molecular formula is C12H12N2O3S2. The van der Waals surface area contributed by atoms with E-state index in [9.17, 15) is 9.59 Å². The van der Waals surface area contributed by atoms with Crippen LogP contribution in [-0.2, 0) is 4.79 Å². The normalized spacial score (nSPS) is 10.4. The zero-order valence-electron chi connectivity index (χ0n) is 10.2. The summed E-state index contributed by atoms with van der Waals surface area (Å²) in [7, 11) is 0. The van der Waals surface area contributed by atoms with Crippen LogP contribution in [0, 0.1) is 0 Å². The molecule has 2 rings (SSSR count). The molecule has 100 valence electrons. The quantitative estimate of drug-likeness (QED) is 0.920. The number of likely N-dealkylation sites (N-methyl/N-ethyl adjacent to an activating group) is 1. The maximum Gasteiger partial charge on any atom is 0.323 e. The van der Waals surface area contributed by atoms with Crippen LogP contribution in [0.25, 0.3) is 9.88 Å². The number of carbonyl (C=O) groups is 2. The number of hydrogen-bond acceptors (Lipinski definition) is 5. The second-order valence-corrected chi connectivity index (χ2v) is 5.53. The van der Waals surface area contributed by atoms with Crippen LogP contribution in [0.5, 0.6) is 0 Å². The largest absolute Gasteiger partial charge is 0.480 e. The molecule has 5 nitrogen and oxygen atoms in total. The number of aliphatic carboxylic acids is 1. The summed E-state index contributed by atoms with van der Waals surface area (Å²) < 4.78 is 0. The predicted molar refractivity (Wildman–Crippen MR) is 74.6 cm³/mol. The minimum Gasteiger partial charge on any atom is -0.480 e. The minimum absolute atomic E-state index is 0.302. The van der Waals surface area contributed by atoms with E-state index in [1.807, 2.05) is 17.5 Å². The summed E-state index contributed by atoms with van der Waals surface area (Å²) >= 11 is 2.94. The van der Waals surface area contributed by atoms with E-state index in [2.05, 4.69) is 4.98 Å². The Kier molecular flexibility index (Phi) is 4.28. The molecule has 0 unspecified atom stereocenters. The Labute approximate surface area is 118 Å². The summed E-state index contributed by atoms with van der Waals surface area (Å²) in [6.45, 7) is 1.78. The van der Waals surface area contributed by atoms with Gasteiger partial charge in [-0.2, -0.15) is 0 Å². The van der Waals surface area contributed by atoms with Gasteiger partial charge in [0.2, 0.25) is 0 Å². The summed E-state index contributed by atoms with van der Waals surface area (Å²) in [5.74, 6) is -1.37. The highest BCUT2D eigenvalue weighted by molar-refractivity contribution is 7.20. The first-order valence-corrected chi connectivity index (χ1v) is 7.38. The van der Waals surface area contributed by atoms with E-state index in [1.54, 1.807) is 23.6 Å². The van der Waals surface area contributed by atoms with Crippen LogP contribution in [0.3, 0.4) is 0 Å². The van der Waals surface area contributed by atoms with E-state index in [0.29, 0.717) is 12.2 Å². The molecule has 0 saturated carbocycles. The van der Waals surface area contributed by atoms with Gasteiger partial charge in [-0.3, -0.25) is 9.59 Å². The Bertz CT molecular complexity index is 578. The number of thiophene rings is 1. The molecule has 0 aromatic carbocycles. The molecule has 0 atom stereocenters. The molecule has 19 heavy (non-hydrogen) atoms. The third-order valence-corrected chi connectivity index (χ3v) is 4.33. The molecule has 2 heterocycles. The van der Waals surface area contributed by atoms with Gasteiger partial charge in [0, 0.05) is 11.9 Å². The van der Waals surface area contributed by atoms with E-state index in [4.69, 9.17) is 5.11 Å². The fraction of sp³-hybridized carbons (Fsp3) is 0.250. The van der Waals surface area contributed by atoms with Crippen LogP contribution in [0.15, 0.2) is 22.9 Å². The molecule has 0 aliphatic rings. The van der Waals surface area contributed by atoms with E-state index in [-0.39, 0.29) is 12.5 Å². The summed E-state index contributed by atoms with van der Waals surface area (Å²) in [6, 6.07) is 3.86. The van der Waals surface area contributed by atoms with Crippen LogP contribution in [0.2, 0.25) is 0 Å². The third-order valence-electron chi connectivity index (χ3n) is 2.45. The molecule has 0 aliphatic heterocycles. The lowest BCUT2D eigenvalue weighted by Crippen LogP contribution is -2.35. The van der Waals surface area contributed by atoms with Crippen molar-refractivity contribution in [2.24, 2.45) is 0 Å². The van der Waals surface area contributed by atoms with Crippen LogP contribution >= 0.6 is 22.7 Å².